The molecule has 2 aromatic rings. The Labute approximate surface area is 156 Å². The number of halogens is 3. The van der Waals surface area contributed by atoms with E-state index in [0.717, 1.165) is 49.9 Å². The van der Waals surface area contributed by atoms with Crippen LogP contribution in [0.3, 0.4) is 0 Å². The van der Waals surface area contributed by atoms with Gasteiger partial charge in [-0.15, -0.1) is 0 Å². The maximum absolute atomic E-state index is 13.1. The van der Waals surface area contributed by atoms with Crippen LogP contribution in [0.25, 0.3) is 11.3 Å². The smallest absolute Gasteiger partial charge is 0.311 e. The lowest BCUT2D eigenvalue weighted by Crippen LogP contribution is -2.36. The first-order valence-corrected chi connectivity index (χ1v) is 9.09. The van der Waals surface area contributed by atoms with E-state index >= 15 is 0 Å². The number of nitrogens with one attached hydrogen (secondary N) is 1. The van der Waals surface area contributed by atoms with Crippen molar-refractivity contribution in [1.29, 1.82) is 0 Å². The first-order valence-electron chi connectivity index (χ1n) is 9.09. The second-order valence-corrected chi connectivity index (χ2v) is 7.83. The van der Waals surface area contributed by atoms with Crippen molar-refractivity contribution in [3.05, 3.63) is 35.9 Å². The van der Waals surface area contributed by atoms with Crippen LogP contribution in [0, 0.1) is 5.41 Å². The zero-order chi connectivity index (χ0) is 19.8. The number of nitrogens with zero attached hydrogens (tertiary/aromatic N) is 2. The molecule has 1 aliphatic rings. The molecule has 1 heterocycles. The van der Waals surface area contributed by atoms with Gasteiger partial charge in [0.2, 0.25) is 5.91 Å². The van der Waals surface area contributed by atoms with Crippen LogP contribution >= 0.6 is 0 Å². The molecule has 0 unspecified atom stereocenters. The van der Waals surface area contributed by atoms with Gasteiger partial charge in [0.15, 0.2) is 0 Å². The Balaban J connectivity index is 1.91. The summed E-state index contributed by atoms with van der Waals surface area (Å²) in [5.74, 6) is 0.113. The van der Waals surface area contributed by atoms with Crippen LogP contribution in [-0.4, -0.2) is 21.9 Å². The molecular weight excluding hydrogens is 355 g/mol. The van der Waals surface area contributed by atoms with Gasteiger partial charge < -0.3 is 5.32 Å². The fourth-order valence-corrected chi connectivity index (χ4v) is 3.26. The fraction of sp³-hybridized carbons (Fsp3) is 0.500. The van der Waals surface area contributed by atoms with E-state index in [0.29, 0.717) is 5.82 Å². The summed E-state index contributed by atoms with van der Waals surface area (Å²) in [6, 6.07) is 9.64. The number of aromatic nitrogens is 2. The van der Waals surface area contributed by atoms with Gasteiger partial charge in [-0.1, -0.05) is 50.6 Å². The molecule has 0 saturated heterocycles. The van der Waals surface area contributed by atoms with Gasteiger partial charge in [0.25, 0.3) is 0 Å². The van der Waals surface area contributed by atoms with Gasteiger partial charge in [-0.2, -0.15) is 18.3 Å². The highest BCUT2D eigenvalue weighted by atomic mass is 19.4. The van der Waals surface area contributed by atoms with Crippen molar-refractivity contribution in [3.8, 4) is 11.3 Å². The van der Waals surface area contributed by atoms with Crippen LogP contribution < -0.4 is 5.32 Å². The van der Waals surface area contributed by atoms with Crippen molar-refractivity contribution in [2.45, 2.75) is 51.6 Å². The predicted octanol–water partition coefficient (Wildman–Crippen LogP) is 5.27. The Morgan fingerprint density at radius 2 is 1.85 bits per heavy atom. The quantitative estimate of drug-likeness (QED) is 0.769. The number of carbonyl (C=O) groups is 1. The number of amides is 1. The molecule has 0 aliphatic heterocycles. The molecule has 1 amide bonds. The molecule has 4 nitrogen and oxygen atoms in total. The lowest BCUT2D eigenvalue weighted by Gasteiger charge is -2.28. The van der Waals surface area contributed by atoms with Gasteiger partial charge in [0, 0.05) is 24.6 Å². The van der Waals surface area contributed by atoms with Gasteiger partial charge in [-0.25, -0.2) is 0 Å². The minimum absolute atomic E-state index is 0.264. The number of hydrogen-bond donors (Lipinski definition) is 1. The number of anilines is 1. The van der Waals surface area contributed by atoms with Crippen LogP contribution in [0.15, 0.2) is 30.3 Å². The van der Waals surface area contributed by atoms with E-state index in [1.165, 1.54) is 0 Å². The van der Waals surface area contributed by atoms with E-state index in [-0.39, 0.29) is 5.92 Å². The summed E-state index contributed by atoms with van der Waals surface area (Å²) in [7, 11) is 1.71. The molecule has 1 aromatic carbocycles. The molecule has 27 heavy (non-hydrogen) atoms. The third-order valence-corrected chi connectivity index (χ3v) is 5.27. The van der Waals surface area contributed by atoms with Crippen molar-refractivity contribution in [2.24, 2.45) is 12.5 Å². The van der Waals surface area contributed by atoms with E-state index in [4.69, 9.17) is 0 Å². The van der Waals surface area contributed by atoms with Crippen LogP contribution in [-0.2, 0) is 11.8 Å². The summed E-state index contributed by atoms with van der Waals surface area (Å²) in [6.07, 6.45) is -2.00. The lowest BCUT2D eigenvalue weighted by molar-refractivity contribution is -0.213. The van der Waals surface area contributed by atoms with Gasteiger partial charge in [0.1, 0.15) is 5.82 Å². The van der Waals surface area contributed by atoms with Crippen molar-refractivity contribution in [1.82, 2.24) is 9.78 Å². The lowest BCUT2D eigenvalue weighted by atomic mass is 9.79. The summed E-state index contributed by atoms with van der Waals surface area (Å²) < 4.78 is 40.9. The number of benzene rings is 1. The van der Waals surface area contributed by atoms with Crippen molar-refractivity contribution < 1.29 is 18.0 Å². The molecule has 146 valence electrons. The monoisotopic (exact) mass is 379 g/mol. The average Bonchev–Trinajstić information content (AvgIpc) is 2.82. The van der Waals surface area contributed by atoms with E-state index in [9.17, 15) is 18.0 Å². The third kappa shape index (κ3) is 3.87. The van der Waals surface area contributed by atoms with Gasteiger partial charge >= 0.3 is 6.18 Å². The molecule has 1 fully saturated rings. The number of alkyl halides is 3. The van der Waals surface area contributed by atoms with E-state index in [2.05, 4.69) is 10.4 Å². The highest BCUT2D eigenvalue weighted by Crippen LogP contribution is 2.45. The molecule has 0 radical (unpaired) electrons. The molecule has 1 N–H and O–H groups in total. The van der Waals surface area contributed by atoms with E-state index in [1.54, 1.807) is 11.7 Å². The van der Waals surface area contributed by atoms with Crippen LogP contribution in [0.4, 0.5) is 19.0 Å². The summed E-state index contributed by atoms with van der Waals surface area (Å²) >= 11 is 0. The topological polar surface area (TPSA) is 46.9 Å². The predicted molar refractivity (Wildman–Crippen MR) is 98.3 cm³/mol. The van der Waals surface area contributed by atoms with Crippen LogP contribution in [0.2, 0.25) is 0 Å². The summed E-state index contributed by atoms with van der Waals surface area (Å²) in [5.41, 5.74) is 0.557. The zero-order valence-electron chi connectivity index (χ0n) is 15.7. The van der Waals surface area contributed by atoms with Gasteiger partial charge in [-0.05, 0) is 18.8 Å². The van der Waals surface area contributed by atoms with Crippen LogP contribution in [0.5, 0.6) is 0 Å². The van der Waals surface area contributed by atoms with E-state index < -0.39 is 23.9 Å². The van der Waals surface area contributed by atoms with Crippen molar-refractivity contribution in [3.63, 3.8) is 0 Å². The third-order valence-electron chi connectivity index (χ3n) is 5.27. The first-order chi connectivity index (χ1) is 12.6. The van der Waals surface area contributed by atoms with Gasteiger partial charge in [0.05, 0.1) is 11.1 Å². The number of hydrogen-bond acceptors (Lipinski definition) is 2. The Bertz CT molecular complexity index is 821. The Morgan fingerprint density at radius 3 is 2.37 bits per heavy atom. The molecule has 1 aliphatic carbocycles. The second-order valence-electron chi connectivity index (χ2n) is 7.83. The molecule has 0 atom stereocenters. The summed E-state index contributed by atoms with van der Waals surface area (Å²) in [6.45, 7) is 2.08. The Hall–Kier alpha value is -2.31. The highest BCUT2D eigenvalue weighted by Gasteiger charge is 2.48. The second kappa shape index (κ2) is 7.02. The average molecular weight is 379 g/mol. The van der Waals surface area contributed by atoms with Gasteiger partial charge in [-0.3, -0.25) is 9.48 Å². The summed E-state index contributed by atoms with van der Waals surface area (Å²) in [5, 5.41) is 7.27. The standard InChI is InChI=1S/C20H24F3N3O/c1-19(2,20(21,22)23)12-15(27)24-18-16(13-10-7-11-13)17(25-26(18)3)14-8-5-4-6-9-14/h4-6,8-9,13H,7,10-12H2,1-3H3,(H,24,27). The normalized spacial score (nSPS) is 15.5. The maximum Gasteiger partial charge on any atom is 0.394 e. The highest BCUT2D eigenvalue weighted by molar-refractivity contribution is 5.92. The minimum Gasteiger partial charge on any atom is -0.311 e. The SMILES string of the molecule is Cn1nc(-c2ccccc2)c(C2CCC2)c1NC(=O)CC(C)(C)C(F)(F)F. The van der Waals surface area contributed by atoms with Crippen LogP contribution in [0.1, 0.15) is 51.0 Å². The molecule has 1 aromatic heterocycles. The fourth-order valence-electron chi connectivity index (χ4n) is 3.26. The largest absolute Gasteiger partial charge is 0.394 e. The molecule has 7 heteroatoms. The minimum atomic E-state index is -4.44. The molecule has 0 bridgehead atoms. The summed E-state index contributed by atoms with van der Waals surface area (Å²) in [4.78, 5) is 12.4. The Kier molecular flexibility index (Phi) is 5.06. The van der Waals surface area contributed by atoms with Crippen molar-refractivity contribution in [2.75, 3.05) is 5.32 Å². The zero-order valence-corrected chi connectivity index (χ0v) is 15.7. The molecule has 1 saturated carbocycles. The number of aryl methyl sites for hydroxylation is 1. The molecule has 3 rings (SSSR count). The molecular formula is C20H24F3N3O. The molecule has 0 spiro atoms. The Morgan fingerprint density at radius 1 is 1.22 bits per heavy atom. The number of carbonyl (C=O) groups excluding carboxylic acids is 1. The van der Waals surface area contributed by atoms with Crippen molar-refractivity contribution >= 4 is 11.7 Å². The first kappa shape index (κ1) is 19.5. The maximum atomic E-state index is 13.1. The number of rotatable bonds is 5. The van der Waals surface area contributed by atoms with E-state index in [1.807, 2.05) is 30.3 Å².